The minimum Gasteiger partial charge on any atom is -0.491 e. The number of ether oxygens (including phenoxy) is 1. The number of nitrogens with zero attached hydrogens (tertiary/aromatic N) is 3. The number of halogens is 3. The number of carbonyl (C=O) groups is 2. The predicted molar refractivity (Wildman–Crippen MR) is 119 cm³/mol. The van der Waals surface area contributed by atoms with Crippen molar-refractivity contribution in [1.29, 1.82) is 0 Å². The van der Waals surface area contributed by atoms with Gasteiger partial charge in [-0.15, -0.1) is 0 Å². The lowest BCUT2D eigenvalue weighted by atomic mass is 10.1. The van der Waals surface area contributed by atoms with E-state index in [4.69, 9.17) is 4.74 Å². The quantitative estimate of drug-likeness (QED) is 0.558. The Morgan fingerprint density at radius 2 is 1.82 bits per heavy atom. The van der Waals surface area contributed by atoms with E-state index in [0.29, 0.717) is 30.5 Å². The molecular weight excluding hydrogens is 449 g/mol. The van der Waals surface area contributed by atoms with Crippen molar-refractivity contribution in [2.75, 3.05) is 25.0 Å². The molecule has 4 rings (SSSR count). The summed E-state index contributed by atoms with van der Waals surface area (Å²) in [6, 6.07) is 11.9. The molecule has 0 radical (unpaired) electrons. The van der Waals surface area contributed by atoms with Crippen LogP contribution in [0.5, 0.6) is 5.75 Å². The Morgan fingerprint density at radius 1 is 1.09 bits per heavy atom. The fourth-order valence-electron chi connectivity index (χ4n) is 3.60. The number of carbonyl (C=O) groups excluding carboxylic acids is 2. The molecule has 1 aliphatic heterocycles. The highest BCUT2D eigenvalue weighted by atomic mass is 19.4. The molecule has 0 spiro atoms. The Kier molecular flexibility index (Phi) is 6.49. The third-order valence-corrected chi connectivity index (χ3v) is 5.27. The zero-order valence-corrected chi connectivity index (χ0v) is 18.2. The molecule has 2 heterocycles. The normalized spacial score (nSPS) is 13.5. The summed E-state index contributed by atoms with van der Waals surface area (Å²) in [5, 5.41) is 3.07. The van der Waals surface area contributed by atoms with Crippen LogP contribution in [0.3, 0.4) is 0 Å². The summed E-state index contributed by atoms with van der Waals surface area (Å²) < 4.78 is 43.7. The summed E-state index contributed by atoms with van der Waals surface area (Å²) in [6.45, 7) is 3.44. The van der Waals surface area contributed by atoms with Gasteiger partial charge in [0.15, 0.2) is 0 Å². The summed E-state index contributed by atoms with van der Waals surface area (Å²) in [6.07, 6.45) is -3.31. The van der Waals surface area contributed by atoms with Gasteiger partial charge in [0.25, 0.3) is 11.7 Å². The Morgan fingerprint density at radius 3 is 2.53 bits per heavy atom. The van der Waals surface area contributed by atoms with Crippen LogP contribution in [0.1, 0.15) is 33.2 Å². The van der Waals surface area contributed by atoms with E-state index < -0.39 is 17.5 Å². The molecule has 0 saturated carbocycles. The largest absolute Gasteiger partial charge is 0.491 e. The first-order chi connectivity index (χ1) is 16.3. The van der Waals surface area contributed by atoms with Gasteiger partial charge in [0.2, 0.25) is 5.95 Å². The van der Waals surface area contributed by atoms with Crippen molar-refractivity contribution in [2.24, 2.45) is 0 Å². The van der Waals surface area contributed by atoms with E-state index in [2.05, 4.69) is 15.3 Å². The van der Waals surface area contributed by atoms with Crippen LogP contribution in [0, 0.1) is 0 Å². The molecule has 0 unspecified atom stereocenters. The van der Waals surface area contributed by atoms with E-state index in [1.807, 2.05) is 25.1 Å². The lowest BCUT2D eigenvalue weighted by molar-refractivity contribution is -0.0885. The van der Waals surface area contributed by atoms with Gasteiger partial charge in [0, 0.05) is 41.5 Å². The third kappa shape index (κ3) is 5.00. The van der Waals surface area contributed by atoms with Gasteiger partial charge in [-0.2, -0.15) is 13.2 Å². The standard InChI is InChI=1S/C24H21F3N4O3/c1-2-28-23-29-10-9-19(30-23)17-7-8-20-18(13-17)14-31(11-12-34-20)22(33)16-5-3-15(4-6-16)21(32)24(25,26)27/h3-10,13H,2,11-12,14H2,1H3,(H,28,29,30). The van der Waals surface area contributed by atoms with Gasteiger partial charge in [-0.3, -0.25) is 9.59 Å². The van der Waals surface area contributed by atoms with Crippen molar-refractivity contribution in [3.05, 3.63) is 71.4 Å². The maximum absolute atomic E-state index is 13.0. The molecule has 1 aliphatic rings. The first-order valence-electron chi connectivity index (χ1n) is 10.6. The SMILES string of the molecule is CCNc1nccc(-c2ccc3c(c2)CN(C(=O)c2ccc(C(=O)C(F)(F)F)cc2)CCO3)n1. The van der Waals surface area contributed by atoms with E-state index in [1.54, 1.807) is 17.2 Å². The van der Waals surface area contributed by atoms with E-state index in [-0.39, 0.29) is 24.6 Å². The van der Waals surface area contributed by atoms with Crippen LogP contribution in [-0.2, 0) is 6.54 Å². The number of rotatable bonds is 5. The van der Waals surface area contributed by atoms with Crippen LogP contribution in [-0.4, -0.2) is 52.4 Å². The second-order valence-corrected chi connectivity index (χ2v) is 7.60. The van der Waals surface area contributed by atoms with E-state index in [1.165, 1.54) is 12.1 Å². The number of fused-ring (bicyclic) bond motifs is 1. The van der Waals surface area contributed by atoms with Gasteiger partial charge in [-0.1, -0.05) is 12.1 Å². The number of benzene rings is 2. The minimum atomic E-state index is -4.97. The number of anilines is 1. The van der Waals surface area contributed by atoms with Gasteiger partial charge in [0.05, 0.1) is 12.2 Å². The predicted octanol–water partition coefficient (Wildman–Crippen LogP) is 4.36. The van der Waals surface area contributed by atoms with Crippen LogP contribution in [0.25, 0.3) is 11.3 Å². The molecule has 10 heteroatoms. The number of aromatic nitrogens is 2. The summed E-state index contributed by atoms with van der Waals surface area (Å²) in [5.41, 5.74) is 1.98. The van der Waals surface area contributed by atoms with Crippen molar-refractivity contribution in [3.63, 3.8) is 0 Å². The van der Waals surface area contributed by atoms with Crippen LogP contribution in [0.4, 0.5) is 19.1 Å². The topological polar surface area (TPSA) is 84.4 Å². The van der Waals surface area contributed by atoms with Gasteiger partial charge >= 0.3 is 6.18 Å². The average molecular weight is 470 g/mol. The minimum absolute atomic E-state index is 0.185. The van der Waals surface area contributed by atoms with Crippen molar-refractivity contribution < 1.29 is 27.5 Å². The smallest absolute Gasteiger partial charge is 0.454 e. The molecule has 0 atom stereocenters. The fraction of sp³-hybridized carbons (Fsp3) is 0.250. The zero-order valence-electron chi connectivity index (χ0n) is 18.2. The summed E-state index contributed by atoms with van der Waals surface area (Å²) in [5.74, 6) is -1.16. The maximum atomic E-state index is 13.0. The molecule has 1 N–H and O–H groups in total. The molecule has 7 nitrogen and oxygen atoms in total. The van der Waals surface area contributed by atoms with Crippen LogP contribution in [0.15, 0.2) is 54.7 Å². The van der Waals surface area contributed by atoms with Crippen LogP contribution in [0.2, 0.25) is 0 Å². The number of hydrogen-bond acceptors (Lipinski definition) is 6. The first-order valence-corrected chi connectivity index (χ1v) is 10.6. The van der Waals surface area contributed by atoms with Crippen LogP contribution < -0.4 is 10.1 Å². The second-order valence-electron chi connectivity index (χ2n) is 7.60. The van der Waals surface area contributed by atoms with E-state index in [0.717, 1.165) is 23.3 Å². The highest BCUT2D eigenvalue weighted by Crippen LogP contribution is 2.29. The maximum Gasteiger partial charge on any atom is 0.454 e. The molecule has 0 fully saturated rings. The average Bonchev–Trinajstić information content (AvgIpc) is 3.05. The molecule has 0 bridgehead atoms. The molecule has 0 saturated heterocycles. The van der Waals surface area contributed by atoms with Crippen molar-refractivity contribution in [1.82, 2.24) is 14.9 Å². The molecule has 176 valence electrons. The highest BCUT2D eigenvalue weighted by molar-refractivity contribution is 6.01. The van der Waals surface area contributed by atoms with Gasteiger partial charge in [-0.05, 0) is 43.3 Å². The number of nitrogens with one attached hydrogen (secondary N) is 1. The monoisotopic (exact) mass is 470 g/mol. The van der Waals surface area contributed by atoms with Crippen molar-refractivity contribution in [2.45, 2.75) is 19.6 Å². The number of alkyl halides is 3. The van der Waals surface area contributed by atoms with Gasteiger partial charge in [0.1, 0.15) is 12.4 Å². The summed E-state index contributed by atoms with van der Waals surface area (Å²) in [7, 11) is 0. The molecule has 0 aliphatic carbocycles. The Hall–Kier alpha value is -3.95. The van der Waals surface area contributed by atoms with Crippen molar-refractivity contribution >= 4 is 17.6 Å². The van der Waals surface area contributed by atoms with E-state index in [9.17, 15) is 22.8 Å². The van der Waals surface area contributed by atoms with Crippen LogP contribution >= 0.6 is 0 Å². The number of hydrogen-bond donors (Lipinski definition) is 1. The number of ketones is 1. The van der Waals surface area contributed by atoms with Crippen molar-refractivity contribution in [3.8, 4) is 17.0 Å². The molecule has 34 heavy (non-hydrogen) atoms. The fourth-order valence-corrected chi connectivity index (χ4v) is 3.60. The zero-order chi connectivity index (χ0) is 24.3. The number of amides is 1. The lowest BCUT2D eigenvalue weighted by Gasteiger charge is -2.20. The first kappa shape index (κ1) is 23.2. The second kappa shape index (κ2) is 9.50. The molecule has 1 aromatic heterocycles. The van der Waals surface area contributed by atoms with Gasteiger partial charge < -0.3 is 15.0 Å². The van der Waals surface area contributed by atoms with E-state index >= 15 is 0 Å². The summed E-state index contributed by atoms with van der Waals surface area (Å²) in [4.78, 5) is 34.7. The highest BCUT2D eigenvalue weighted by Gasteiger charge is 2.39. The number of Topliss-reactive ketones (excluding diaryl/α,β-unsaturated/α-hetero) is 1. The lowest BCUT2D eigenvalue weighted by Crippen LogP contribution is -2.32. The Balaban J connectivity index is 1.56. The molecule has 3 aromatic rings. The molecular formula is C24H21F3N4O3. The Labute approximate surface area is 193 Å². The summed E-state index contributed by atoms with van der Waals surface area (Å²) >= 11 is 0. The van der Waals surface area contributed by atoms with Gasteiger partial charge in [-0.25, -0.2) is 9.97 Å². The Bertz CT molecular complexity index is 1210. The third-order valence-electron chi connectivity index (χ3n) is 5.27. The molecule has 2 aromatic carbocycles. The molecule has 1 amide bonds.